The Morgan fingerprint density at radius 3 is 2.67 bits per heavy atom. The van der Waals surface area contributed by atoms with E-state index in [0.717, 1.165) is 0 Å². The van der Waals surface area contributed by atoms with E-state index in [9.17, 15) is 9.59 Å². The van der Waals surface area contributed by atoms with Gasteiger partial charge in [-0.3, -0.25) is 9.79 Å². The summed E-state index contributed by atoms with van der Waals surface area (Å²) >= 11 is 3.86. The molecule has 8 nitrogen and oxygen atoms in total. The minimum Gasteiger partial charge on any atom is -0.480 e. The van der Waals surface area contributed by atoms with E-state index in [1.165, 1.54) is 12.5 Å². The molecule has 0 aliphatic heterocycles. The number of carboxylic acids is 1. The fourth-order valence-corrected chi connectivity index (χ4v) is 1.39. The van der Waals surface area contributed by atoms with Gasteiger partial charge in [0, 0.05) is 5.75 Å². The molecule has 0 saturated heterocycles. The molecule has 9 heteroatoms. The molecular formula is C12H17N5O3S. The summed E-state index contributed by atoms with van der Waals surface area (Å²) in [4.78, 5) is 38.4. The number of carboxylic acid groups (broad SMARTS) is 1. The standard InChI is InChI=1S/C12H17N5O3S/c1-12(2,3)15-4-8-13-6-14-9(17-8)10(18)16-7(5-21)11(19)20/h4,6-7,21H,5H2,1-3H3,(H,16,18)(H,19,20). The average molecular weight is 311 g/mol. The number of hydrogen-bond donors (Lipinski definition) is 3. The topological polar surface area (TPSA) is 117 Å². The molecule has 1 unspecified atom stereocenters. The van der Waals surface area contributed by atoms with Crippen LogP contribution in [0.3, 0.4) is 0 Å². The lowest BCUT2D eigenvalue weighted by molar-refractivity contribution is -0.138. The monoisotopic (exact) mass is 311 g/mol. The quantitative estimate of drug-likeness (QED) is 0.528. The van der Waals surface area contributed by atoms with Crippen LogP contribution in [0.1, 0.15) is 37.2 Å². The first-order valence-electron chi connectivity index (χ1n) is 6.11. The summed E-state index contributed by atoms with van der Waals surface area (Å²) in [6.07, 6.45) is 2.61. The van der Waals surface area contributed by atoms with Gasteiger partial charge in [0.05, 0.1) is 11.8 Å². The normalized spacial score (nSPS) is 13.1. The van der Waals surface area contributed by atoms with Gasteiger partial charge < -0.3 is 10.4 Å². The maximum Gasteiger partial charge on any atom is 0.327 e. The summed E-state index contributed by atoms with van der Waals surface area (Å²) in [5.41, 5.74) is -0.296. The highest BCUT2D eigenvalue weighted by atomic mass is 32.1. The molecule has 0 saturated carbocycles. The van der Waals surface area contributed by atoms with Crippen molar-refractivity contribution in [2.24, 2.45) is 4.99 Å². The van der Waals surface area contributed by atoms with E-state index in [1.54, 1.807) is 0 Å². The lowest BCUT2D eigenvalue weighted by atomic mass is 10.1. The second-order valence-corrected chi connectivity index (χ2v) is 5.51. The van der Waals surface area contributed by atoms with E-state index in [1.807, 2.05) is 20.8 Å². The minimum atomic E-state index is -1.18. The number of aromatic nitrogens is 3. The van der Waals surface area contributed by atoms with Crippen LogP contribution in [0.15, 0.2) is 11.3 Å². The predicted octanol–water partition coefficient (Wildman–Crippen LogP) is 0.202. The molecule has 1 heterocycles. The molecule has 1 amide bonds. The van der Waals surface area contributed by atoms with Crippen LogP contribution in [0.25, 0.3) is 0 Å². The maximum absolute atomic E-state index is 11.9. The van der Waals surface area contributed by atoms with Gasteiger partial charge in [-0.25, -0.2) is 19.7 Å². The third kappa shape index (κ3) is 5.86. The lowest BCUT2D eigenvalue weighted by Gasteiger charge is -2.11. The van der Waals surface area contributed by atoms with E-state index in [-0.39, 0.29) is 22.9 Å². The molecule has 0 fully saturated rings. The van der Waals surface area contributed by atoms with Gasteiger partial charge in [-0.05, 0) is 20.8 Å². The van der Waals surface area contributed by atoms with Crippen molar-refractivity contribution in [2.75, 3.05) is 5.75 Å². The van der Waals surface area contributed by atoms with Crippen LogP contribution in [0.4, 0.5) is 0 Å². The summed E-state index contributed by atoms with van der Waals surface area (Å²) in [6.45, 7) is 5.72. The Kier molecular flexibility index (Phi) is 5.77. The van der Waals surface area contributed by atoms with Crippen molar-refractivity contribution in [3.05, 3.63) is 18.0 Å². The first-order chi connectivity index (χ1) is 9.73. The minimum absolute atomic E-state index is 0.0372. The fourth-order valence-electron chi connectivity index (χ4n) is 1.14. The van der Waals surface area contributed by atoms with Gasteiger partial charge in [0.1, 0.15) is 12.4 Å². The Labute approximate surface area is 127 Å². The molecule has 114 valence electrons. The zero-order valence-corrected chi connectivity index (χ0v) is 12.8. The van der Waals surface area contributed by atoms with Crippen LogP contribution in [-0.4, -0.2) is 55.5 Å². The van der Waals surface area contributed by atoms with Crippen molar-refractivity contribution in [2.45, 2.75) is 32.4 Å². The number of thiol groups is 1. The predicted molar refractivity (Wildman–Crippen MR) is 79.9 cm³/mol. The molecule has 1 atom stereocenters. The highest BCUT2D eigenvalue weighted by Gasteiger charge is 2.20. The third-order valence-electron chi connectivity index (χ3n) is 2.15. The fraction of sp³-hybridized carbons (Fsp3) is 0.500. The van der Waals surface area contributed by atoms with Crippen molar-refractivity contribution in [1.82, 2.24) is 20.3 Å². The summed E-state index contributed by atoms with van der Waals surface area (Å²) in [7, 11) is 0. The van der Waals surface area contributed by atoms with E-state index in [0.29, 0.717) is 0 Å². The van der Waals surface area contributed by atoms with Gasteiger partial charge in [0.2, 0.25) is 5.82 Å². The second kappa shape index (κ2) is 7.11. The van der Waals surface area contributed by atoms with Crippen LogP contribution in [0.2, 0.25) is 0 Å². The molecule has 21 heavy (non-hydrogen) atoms. The van der Waals surface area contributed by atoms with E-state index < -0.39 is 17.9 Å². The van der Waals surface area contributed by atoms with Crippen LogP contribution in [0, 0.1) is 0 Å². The Balaban J connectivity index is 2.87. The first kappa shape index (κ1) is 17.0. The van der Waals surface area contributed by atoms with Crippen molar-refractivity contribution >= 4 is 30.7 Å². The number of rotatable bonds is 5. The van der Waals surface area contributed by atoms with Crippen LogP contribution in [-0.2, 0) is 4.79 Å². The number of hydrogen-bond acceptors (Lipinski definition) is 7. The number of amides is 1. The summed E-state index contributed by atoms with van der Waals surface area (Å²) in [5.74, 6) is -1.87. The molecule has 0 bridgehead atoms. The third-order valence-corrected chi connectivity index (χ3v) is 2.51. The number of nitrogens with one attached hydrogen (secondary N) is 1. The largest absolute Gasteiger partial charge is 0.480 e. The number of aliphatic imine (C=N–C) groups is 1. The number of aliphatic carboxylic acids is 1. The van der Waals surface area contributed by atoms with Gasteiger partial charge >= 0.3 is 5.97 Å². The Morgan fingerprint density at radius 1 is 1.48 bits per heavy atom. The first-order valence-corrected chi connectivity index (χ1v) is 6.75. The smallest absolute Gasteiger partial charge is 0.327 e. The van der Waals surface area contributed by atoms with Crippen LogP contribution < -0.4 is 5.32 Å². The van der Waals surface area contributed by atoms with Gasteiger partial charge in [-0.15, -0.1) is 0 Å². The molecule has 0 radical (unpaired) electrons. The van der Waals surface area contributed by atoms with Crippen LogP contribution in [0.5, 0.6) is 0 Å². The SMILES string of the molecule is CC(C)(C)N=Cc1ncnc(C(=O)NC(CS)C(=O)O)n1. The average Bonchev–Trinajstić information content (AvgIpc) is 2.41. The summed E-state index contributed by atoms with van der Waals surface area (Å²) in [6, 6.07) is -1.11. The molecular weight excluding hydrogens is 294 g/mol. The van der Waals surface area contributed by atoms with Gasteiger partial charge in [-0.1, -0.05) is 0 Å². The second-order valence-electron chi connectivity index (χ2n) is 5.14. The molecule has 1 aromatic heterocycles. The zero-order chi connectivity index (χ0) is 16.0. The number of carbonyl (C=O) groups excluding carboxylic acids is 1. The van der Waals surface area contributed by atoms with E-state index in [4.69, 9.17) is 5.11 Å². The van der Waals surface area contributed by atoms with Crippen molar-refractivity contribution in [3.8, 4) is 0 Å². The molecule has 1 aromatic rings. The Morgan fingerprint density at radius 2 is 2.14 bits per heavy atom. The molecule has 0 aromatic carbocycles. The molecule has 0 spiro atoms. The van der Waals surface area contributed by atoms with Crippen molar-refractivity contribution in [3.63, 3.8) is 0 Å². The molecule has 0 aliphatic rings. The van der Waals surface area contributed by atoms with E-state index >= 15 is 0 Å². The van der Waals surface area contributed by atoms with Crippen molar-refractivity contribution in [1.29, 1.82) is 0 Å². The summed E-state index contributed by atoms with van der Waals surface area (Å²) < 4.78 is 0. The number of carbonyl (C=O) groups is 2. The van der Waals surface area contributed by atoms with Gasteiger partial charge in [0.25, 0.3) is 5.91 Å². The van der Waals surface area contributed by atoms with E-state index in [2.05, 4.69) is 37.9 Å². The molecule has 2 N–H and O–H groups in total. The Bertz CT molecular complexity index is 556. The summed E-state index contributed by atoms with van der Waals surface area (Å²) in [5, 5.41) is 11.1. The number of nitrogens with zero attached hydrogens (tertiary/aromatic N) is 4. The highest BCUT2D eigenvalue weighted by molar-refractivity contribution is 7.80. The molecule has 1 rings (SSSR count). The van der Waals surface area contributed by atoms with Crippen molar-refractivity contribution < 1.29 is 14.7 Å². The van der Waals surface area contributed by atoms with Crippen LogP contribution >= 0.6 is 12.6 Å². The van der Waals surface area contributed by atoms with Gasteiger partial charge in [0.15, 0.2) is 5.82 Å². The Hall–Kier alpha value is -2.03. The zero-order valence-electron chi connectivity index (χ0n) is 11.9. The van der Waals surface area contributed by atoms with Gasteiger partial charge in [-0.2, -0.15) is 12.6 Å². The maximum atomic E-state index is 11.9. The molecule has 0 aliphatic carbocycles. The lowest BCUT2D eigenvalue weighted by Crippen LogP contribution is -2.42. The highest BCUT2D eigenvalue weighted by Crippen LogP contribution is 2.05.